The zero-order valence-corrected chi connectivity index (χ0v) is 14.1. The summed E-state index contributed by atoms with van der Waals surface area (Å²) in [5.74, 6) is -0.871. The Bertz CT molecular complexity index is 1140. The van der Waals surface area contributed by atoms with Crippen molar-refractivity contribution in [2.75, 3.05) is 0 Å². The number of oxazole rings is 1. The van der Waals surface area contributed by atoms with Gasteiger partial charge in [0.05, 0.1) is 12.2 Å². The molecular weight excluding hydrogens is 346 g/mol. The lowest BCUT2D eigenvalue weighted by Gasteiger charge is -2.00. The van der Waals surface area contributed by atoms with Gasteiger partial charge in [0.15, 0.2) is 5.69 Å². The summed E-state index contributed by atoms with van der Waals surface area (Å²) in [5, 5.41) is 11.8. The van der Waals surface area contributed by atoms with Crippen LogP contribution >= 0.6 is 0 Å². The molecule has 0 saturated carbocycles. The van der Waals surface area contributed by atoms with Crippen LogP contribution in [0.15, 0.2) is 59.2 Å². The molecule has 4 aromatic rings. The molecule has 0 aliphatic carbocycles. The van der Waals surface area contributed by atoms with Gasteiger partial charge in [-0.2, -0.15) is 5.10 Å². The molecule has 2 heterocycles. The first-order valence-electron chi connectivity index (χ1n) is 8.17. The molecule has 0 radical (unpaired) electrons. The number of primary amides is 1. The highest BCUT2D eigenvalue weighted by Gasteiger charge is 2.13. The van der Waals surface area contributed by atoms with Crippen LogP contribution in [0, 0.1) is 0 Å². The van der Waals surface area contributed by atoms with Crippen LogP contribution in [0.2, 0.25) is 0 Å². The van der Waals surface area contributed by atoms with Crippen LogP contribution in [0.1, 0.15) is 26.9 Å². The third-order valence-electron chi connectivity index (χ3n) is 4.07. The van der Waals surface area contributed by atoms with Gasteiger partial charge in [-0.1, -0.05) is 36.4 Å². The number of amides is 2. The monoisotopic (exact) mass is 361 g/mol. The number of carbonyl (C=O) groups is 2. The minimum Gasteiger partial charge on any atom is -0.446 e. The highest BCUT2D eigenvalue weighted by molar-refractivity contribution is 5.94. The van der Waals surface area contributed by atoms with Crippen molar-refractivity contribution in [2.24, 2.45) is 5.73 Å². The van der Waals surface area contributed by atoms with Crippen LogP contribution in [0.3, 0.4) is 0 Å². The smallest absolute Gasteiger partial charge is 0.270 e. The molecule has 0 fully saturated rings. The second-order valence-electron chi connectivity index (χ2n) is 5.90. The van der Waals surface area contributed by atoms with E-state index >= 15 is 0 Å². The van der Waals surface area contributed by atoms with Gasteiger partial charge in [0.25, 0.3) is 11.8 Å². The number of nitrogens with zero attached hydrogens (tertiary/aromatic N) is 2. The van der Waals surface area contributed by atoms with E-state index in [0.717, 1.165) is 22.6 Å². The van der Waals surface area contributed by atoms with Gasteiger partial charge in [-0.3, -0.25) is 14.7 Å². The van der Waals surface area contributed by atoms with Gasteiger partial charge in [0.2, 0.25) is 5.89 Å². The van der Waals surface area contributed by atoms with E-state index in [0.29, 0.717) is 11.4 Å². The fourth-order valence-electron chi connectivity index (χ4n) is 2.69. The number of aromatic amines is 1. The van der Waals surface area contributed by atoms with E-state index in [1.54, 1.807) is 6.07 Å². The fraction of sp³-hybridized carbons (Fsp3) is 0.0526. The maximum Gasteiger partial charge on any atom is 0.270 e. The summed E-state index contributed by atoms with van der Waals surface area (Å²) < 4.78 is 5.08. The first-order chi connectivity index (χ1) is 13.1. The Morgan fingerprint density at radius 3 is 2.70 bits per heavy atom. The first-order valence-corrected chi connectivity index (χ1v) is 8.17. The molecule has 134 valence electrons. The quantitative estimate of drug-likeness (QED) is 0.502. The molecule has 8 nitrogen and oxygen atoms in total. The minimum absolute atomic E-state index is 0.0133. The lowest BCUT2D eigenvalue weighted by Crippen LogP contribution is -2.23. The second kappa shape index (κ2) is 6.75. The van der Waals surface area contributed by atoms with E-state index in [9.17, 15) is 9.59 Å². The van der Waals surface area contributed by atoms with Crippen LogP contribution < -0.4 is 11.1 Å². The van der Waals surface area contributed by atoms with E-state index in [1.807, 2.05) is 42.5 Å². The van der Waals surface area contributed by atoms with E-state index in [4.69, 9.17) is 10.2 Å². The topological polar surface area (TPSA) is 127 Å². The normalized spacial score (nSPS) is 10.8. The molecule has 2 amide bonds. The predicted octanol–water partition coefficient (Wildman–Crippen LogP) is 2.25. The largest absolute Gasteiger partial charge is 0.446 e. The minimum atomic E-state index is -0.690. The summed E-state index contributed by atoms with van der Waals surface area (Å²) in [4.78, 5) is 27.1. The molecule has 2 aromatic carbocycles. The molecule has 8 heteroatoms. The van der Waals surface area contributed by atoms with Crippen molar-refractivity contribution in [3.8, 4) is 11.3 Å². The van der Waals surface area contributed by atoms with Gasteiger partial charge in [-0.05, 0) is 22.9 Å². The van der Waals surface area contributed by atoms with E-state index < -0.39 is 5.91 Å². The second-order valence-corrected chi connectivity index (χ2v) is 5.90. The molecule has 4 N–H and O–H groups in total. The van der Waals surface area contributed by atoms with Crippen LogP contribution in [0.5, 0.6) is 0 Å². The van der Waals surface area contributed by atoms with Crippen molar-refractivity contribution in [3.63, 3.8) is 0 Å². The summed E-state index contributed by atoms with van der Waals surface area (Å²) in [6.07, 6.45) is 1.15. The van der Waals surface area contributed by atoms with Crippen molar-refractivity contribution >= 4 is 22.6 Å². The van der Waals surface area contributed by atoms with E-state index in [2.05, 4.69) is 20.5 Å². The van der Waals surface area contributed by atoms with E-state index in [1.165, 1.54) is 0 Å². The Hall–Kier alpha value is -3.94. The first kappa shape index (κ1) is 16.5. The SMILES string of the molecule is NC(=O)c1coc(CNC(=O)c2cc(-c3ccc4ccccc4c3)n[nH]2)n1. The van der Waals surface area contributed by atoms with Crippen LogP contribution in [-0.4, -0.2) is 27.0 Å². The van der Waals surface area contributed by atoms with Crippen molar-refractivity contribution in [3.05, 3.63) is 72.1 Å². The summed E-state index contributed by atoms with van der Waals surface area (Å²) in [7, 11) is 0. The third kappa shape index (κ3) is 3.40. The number of carbonyl (C=O) groups excluding carboxylic acids is 2. The molecule has 0 bridgehead atoms. The van der Waals surface area contributed by atoms with Gasteiger partial charge in [-0.15, -0.1) is 0 Å². The molecule has 4 rings (SSSR count). The van der Waals surface area contributed by atoms with Crippen LogP contribution in [0.4, 0.5) is 0 Å². The van der Waals surface area contributed by atoms with E-state index in [-0.39, 0.29) is 24.0 Å². The molecule has 0 aliphatic rings. The fourth-order valence-corrected chi connectivity index (χ4v) is 2.69. The molecule has 0 aliphatic heterocycles. The molecule has 0 spiro atoms. The van der Waals surface area contributed by atoms with Crippen molar-refractivity contribution in [2.45, 2.75) is 6.54 Å². The number of aromatic nitrogens is 3. The summed E-state index contributed by atoms with van der Waals surface area (Å²) in [6, 6.07) is 15.7. The van der Waals surface area contributed by atoms with Gasteiger partial charge >= 0.3 is 0 Å². The Balaban J connectivity index is 1.47. The third-order valence-corrected chi connectivity index (χ3v) is 4.07. The average molecular weight is 361 g/mol. The molecule has 0 atom stereocenters. The Morgan fingerprint density at radius 2 is 1.93 bits per heavy atom. The summed E-state index contributed by atoms with van der Waals surface area (Å²) in [5.41, 5.74) is 6.99. The van der Waals surface area contributed by atoms with Gasteiger partial charge < -0.3 is 15.5 Å². The highest BCUT2D eigenvalue weighted by Crippen LogP contribution is 2.23. The number of hydrogen-bond acceptors (Lipinski definition) is 5. The average Bonchev–Trinajstić information content (AvgIpc) is 3.35. The number of fused-ring (bicyclic) bond motifs is 1. The molecule has 27 heavy (non-hydrogen) atoms. The standard InChI is InChI=1S/C19H15N5O3/c20-18(25)16-10-27-17(22-16)9-21-19(26)15-8-14(23-24-15)13-6-5-11-3-1-2-4-12(11)7-13/h1-8,10H,9H2,(H2,20,25)(H,21,26)(H,23,24). The molecule has 0 unspecified atom stereocenters. The number of benzene rings is 2. The van der Waals surface area contributed by atoms with Crippen LogP contribution in [-0.2, 0) is 6.54 Å². The van der Waals surface area contributed by atoms with Crippen molar-refractivity contribution in [1.29, 1.82) is 0 Å². The Morgan fingerprint density at radius 1 is 1.11 bits per heavy atom. The predicted molar refractivity (Wildman–Crippen MR) is 97.7 cm³/mol. The zero-order valence-electron chi connectivity index (χ0n) is 14.1. The molecule has 0 saturated heterocycles. The summed E-state index contributed by atoms with van der Waals surface area (Å²) in [6.45, 7) is 0.0242. The molecule has 2 aromatic heterocycles. The van der Waals surface area contributed by atoms with Crippen LogP contribution in [0.25, 0.3) is 22.0 Å². The summed E-state index contributed by atoms with van der Waals surface area (Å²) >= 11 is 0. The van der Waals surface area contributed by atoms with Gasteiger partial charge in [0, 0.05) is 5.56 Å². The van der Waals surface area contributed by atoms with Crippen molar-refractivity contribution in [1.82, 2.24) is 20.5 Å². The lowest BCUT2D eigenvalue weighted by molar-refractivity contribution is 0.0941. The number of rotatable bonds is 5. The zero-order chi connectivity index (χ0) is 18.8. The number of hydrogen-bond donors (Lipinski definition) is 3. The molecular formula is C19H15N5O3. The number of H-pyrrole nitrogens is 1. The Labute approximate surface area is 153 Å². The van der Waals surface area contributed by atoms with Gasteiger partial charge in [-0.25, -0.2) is 4.98 Å². The maximum atomic E-state index is 12.3. The van der Waals surface area contributed by atoms with Crippen molar-refractivity contribution < 1.29 is 14.0 Å². The maximum absolute atomic E-state index is 12.3. The number of nitrogens with two attached hydrogens (primary N) is 1. The highest BCUT2D eigenvalue weighted by atomic mass is 16.3. The van der Waals surface area contributed by atoms with Gasteiger partial charge in [0.1, 0.15) is 12.0 Å². The number of nitrogens with one attached hydrogen (secondary N) is 2. The lowest BCUT2D eigenvalue weighted by atomic mass is 10.1. The Kier molecular flexibility index (Phi) is 4.13.